The first kappa shape index (κ1) is 13.9. The van der Waals surface area contributed by atoms with E-state index in [4.69, 9.17) is 0 Å². The standard InChI is InChI=1S/C16H17N3O/c1-11-4-5-15(10-12(11)2)16(20)19-18-13(3)14-6-8-17-9-7-14/h4-10H,1-3H3,(H,19,20). The maximum atomic E-state index is 12.0. The van der Waals surface area contributed by atoms with Gasteiger partial charge in [-0.1, -0.05) is 6.07 Å². The third-order valence-corrected chi connectivity index (χ3v) is 3.19. The second-order valence-electron chi connectivity index (χ2n) is 4.67. The molecule has 4 heteroatoms. The minimum Gasteiger partial charge on any atom is -0.267 e. The number of nitrogens with one attached hydrogen (secondary N) is 1. The Bertz CT molecular complexity index is 648. The lowest BCUT2D eigenvalue weighted by Crippen LogP contribution is -2.19. The van der Waals surface area contributed by atoms with Crippen LogP contribution in [0.15, 0.2) is 47.8 Å². The largest absolute Gasteiger partial charge is 0.271 e. The van der Waals surface area contributed by atoms with Gasteiger partial charge in [0.2, 0.25) is 0 Å². The smallest absolute Gasteiger partial charge is 0.267 e. The predicted molar refractivity (Wildman–Crippen MR) is 79.8 cm³/mol. The van der Waals surface area contributed by atoms with E-state index in [-0.39, 0.29) is 5.91 Å². The number of rotatable bonds is 3. The zero-order valence-corrected chi connectivity index (χ0v) is 11.8. The van der Waals surface area contributed by atoms with Crippen LogP contribution in [0.25, 0.3) is 0 Å². The molecule has 1 amide bonds. The van der Waals surface area contributed by atoms with Gasteiger partial charge in [0, 0.05) is 23.5 Å². The van der Waals surface area contributed by atoms with E-state index in [1.54, 1.807) is 18.5 Å². The summed E-state index contributed by atoms with van der Waals surface area (Å²) in [5.74, 6) is -0.207. The van der Waals surface area contributed by atoms with Crippen LogP contribution in [0.1, 0.15) is 34.0 Å². The number of carbonyl (C=O) groups is 1. The number of aryl methyl sites for hydroxylation is 2. The fraction of sp³-hybridized carbons (Fsp3) is 0.188. The molecule has 20 heavy (non-hydrogen) atoms. The number of pyridine rings is 1. The number of nitrogens with zero attached hydrogens (tertiary/aromatic N) is 2. The number of hydrogen-bond acceptors (Lipinski definition) is 3. The molecule has 1 aromatic heterocycles. The van der Waals surface area contributed by atoms with E-state index < -0.39 is 0 Å². The van der Waals surface area contributed by atoms with Crippen molar-refractivity contribution in [1.29, 1.82) is 0 Å². The van der Waals surface area contributed by atoms with Crippen LogP contribution < -0.4 is 5.43 Å². The molecule has 2 rings (SSSR count). The Morgan fingerprint density at radius 1 is 1.05 bits per heavy atom. The van der Waals surface area contributed by atoms with Gasteiger partial charge in [-0.15, -0.1) is 0 Å². The summed E-state index contributed by atoms with van der Waals surface area (Å²) in [7, 11) is 0. The number of aromatic nitrogens is 1. The minimum absolute atomic E-state index is 0.207. The normalized spacial score (nSPS) is 11.2. The van der Waals surface area contributed by atoms with Crippen LogP contribution in [0, 0.1) is 13.8 Å². The Balaban J connectivity index is 2.10. The Labute approximate surface area is 118 Å². The molecule has 0 aliphatic carbocycles. The highest BCUT2D eigenvalue weighted by Gasteiger charge is 2.06. The van der Waals surface area contributed by atoms with Crippen LogP contribution in [0.4, 0.5) is 0 Å². The Kier molecular flexibility index (Phi) is 4.25. The van der Waals surface area contributed by atoms with Gasteiger partial charge in [0.25, 0.3) is 5.91 Å². The third-order valence-electron chi connectivity index (χ3n) is 3.19. The maximum Gasteiger partial charge on any atom is 0.271 e. The molecule has 0 atom stereocenters. The molecular formula is C16H17N3O. The molecule has 102 valence electrons. The van der Waals surface area contributed by atoms with E-state index in [0.29, 0.717) is 5.56 Å². The second-order valence-corrected chi connectivity index (χ2v) is 4.67. The Morgan fingerprint density at radius 3 is 2.40 bits per heavy atom. The topological polar surface area (TPSA) is 54.4 Å². The summed E-state index contributed by atoms with van der Waals surface area (Å²) in [6.45, 7) is 5.84. The van der Waals surface area contributed by atoms with E-state index in [9.17, 15) is 4.79 Å². The summed E-state index contributed by atoms with van der Waals surface area (Å²) in [5.41, 5.74) is 7.11. The molecule has 4 nitrogen and oxygen atoms in total. The fourth-order valence-electron chi connectivity index (χ4n) is 1.74. The van der Waals surface area contributed by atoms with Crippen molar-refractivity contribution in [3.05, 3.63) is 65.0 Å². The van der Waals surface area contributed by atoms with Crippen LogP contribution in [-0.4, -0.2) is 16.6 Å². The number of amides is 1. The van der Waals surface area contributed by atoms with Gasteiger partial charge in [-0.3, -0.25) is 9.78 Å². The summed E-state index contributed by atoms with van der Waals surface area (Å²) in [6, 6.07) is 9.29. The predicted octanol–water partition coefficient (Wildman–Crippen LogP) is 2.85. The molecule has 0 spiro atoms. The molecular weight excluding hydrogens is 250 g/mol. The first-order valence-electron chi connectivity index (χ1n) is 6.40. The van der Waals surface area contributed by atoms with Crippen molar-refractivity contribution in [2.75, 3.05) is 0 Å². The van der Waals surface area contributed by atoms with Crippen LogP contribution in [0.5, 0.6) is 0 Å². The van der Waals surface area contributed by atoms with Crippen molar-refractivity contribution in [1.82, 2.24) is 10.4 Å². The molecule has 2 aromatic rings. The van der Waals surface area contributed by atoms with Gasteiger partial charge in [0.1, 0.15) is 0 Å². The first-order valence-corrected chi connectivity index (χ1v) is 6.40. The van der Waals surface area contributed by atoms with E-state index >= 15 is 0 Å². The van der Waals surface area contributed by atoms with Crippen LogP contribution in [0.3, 0.4) is 0 Å². The average molecular weight is 267 g/mol. The molecule has 0 radical (unpaired) electrons. The fourth-order valence-corrected chi connectivity index (χ4v) is 1.74. The molecule has 1 heterocycles. The molecule has 0 saturated carbocycles. The minimum atomic E-state index is -0.207. The van der Waals surface area contributed by atoms with E-state index in [0.717, 1.165) is 22.4 Å². The van der Waals surface area contributed by atoms with Gasteiger partial charge in [0.05, 0.1) is 5.71 Å². The van der Waals surface area contributed by atoms with Gasteiger partial charge in [0.15, 0.2) is 0 Å². The molecule has 0 unspecified atom stereocenters. The van der Waals surface area contributed by atoms with E-state index in [2.05, 4.69) is 15.5 Å². The molecule has 0 saturated heterocycles. The van der Waals surface area contributed by atoms with Gasteiger partial charge in [-0.05, 0) is 56.2 Å². The number of carbonyl (C=O) groups excluding carboxylic acids is 1. The van der Waals surface area contributed by atoms with E-state index in [1.807, 2.05) is 45.0 Å². The van der Waals surface area contributed by atoms with E-state index in [1.165, 1.54) is 0 Å². The highest BCUT2D eigenvalue weighted by atomic mass is 16.2. The van der Waals surface area contributed by atoms with Gasteiger partial charge < -0.3 is 0 Å². The zero-order chi connectivity index (χ0) is 14.5. The van der Waals surface area contributed by atoms with Crippen LogP contribution >= 0.6 is 0 Å². The quantitative estimate of drug-likeness (QED) is 0.686. The summed E-state index contributed by atoms with van der Waals surface area (Å²) in [4.78, 5) is 16.0. The van der Waals surface area contributed by atoms with Crippen LogP contribution in [0.2, 0.25) is 0 Å². The second kappa shape index (κ2) is 6.10. The van der Waals surface area contributed by atoms with Crippen LogP contribution in [-0.2, 0) is 0 Å². The molecule has 0 aliphatic rings. The van der Waals surface area contributed by atoms with Crippen molar-refractivity contribution < 1.29 is 4.79 Å². The Morgan fingerprint density at radius 2 is 1.75 bits per heavy atom. The SMILES string of the molecule is CC(=NNC(=O)c1ccc(C)c(C)c1)c1ccncc1. The van der Waals surface area contributed by atoms with Crippen molar-refractivity contribution in [3.63, 3.8) is 0 Å². The summed E-state index contributed by atoms with van der Waals surface area (Å²) >= 11 is 0. The number of hydrogen-bond donors (Lipinski definition) is 1. The van der Waals surface area contributed by atoms with Crippen molar-refractivity contribution in [3.8, 4) is 0 Å². The zero-order valence-electron chi connectivity index (χ0n) is 11.8. The lowest BCUT2D eigenvalue weighted by atomic mass is 10.1. The lowest BCUT2D eigenvalue weighted by Gasteiger charge is -2.05. The Hall–Kier alpha value is -2.49. The van der Waals surface area contributed by atoms with Crippen molar-refractivity contribution in [2.45, 2.75) is 20.8 Å². The maximum absolute atomic E-state index is 12.0. The molecule has 0 aliphatic heterocycles. The monoisotopic (exact) mass is 267 g/mol. The molecule has 1 N–H and O–H groups in total. The van der Waals surface area contributed by atoms with Gasteiger partial charge in [-0.2, -0.15) is 5.10 Å². The van der Waals surface area contributed by atoms with Gasteiger partial charge in [-0.25, -0.2) is 5.43 Å². The van der Waals surface area contributed by atoms with Gasteiger partial charge >= 0.3 is 0 Å². The third kappa shape index (κ3) is 3.29. The summed E-state index contributed by atoms with van der Waals surface area (Å²) in [5, 5.41) is 4.11. The molecule has 0 bridgehead atoms. The first-order chi connectivity index (χ1) is 9.58. The van der Waals surface area contributed by atoms with Crippen molar-refractivity contribution >= 4 is 11.6 Å². The number of benzene rings is 1. The highest BCUT2D eigenvalue weighted by Crippen LogP contribution is 2.09. The highest BCUT2D eigenvalue weighted by molar-refractivity contribution is 6.00. The average Bonchev–Trinajstić information content (AvgIpc) is 2.48. The van der Waals surface area contributed by atoms with Crippen molar-refractivity contribution in [2.24, 2.45) is 5.10 Å². The lowest BCUT2D eigenvalue weighted by molar-refractivity contribution is 0.0954. The summed E-state index contributed by atoms with van der Waals surface area (Å²) in [6.07, 6.45) is 3.39. The summed E-state index contributed by atoms with van der Waals surface area (Å²) < 4.78 is 0. The molecule has 1 aromatic carbocycles. The number of hydrazone groups is 1. The molecule has 0 fully saturated rings.